The van der Waals surface area contributed by atoms with Gasteiger partial charge in [0.05, 0.1) is 17.8 Å². The highest BCUT2D eigenvalue weighted by Crippen LogP contribution is 2.46. The molecule has 0 radical (unpaired) electrons. The third-order valence-corrected chi connectivity index (χ3v) is 9.70. The Morgan fingerprint density at radius 1 is 1.30 bits per heavy atom. The second-order valence-corrected chi connectivity index (χ2v) is 13.5. The van der Waals surface area contributed by atoms with E-state index in [-0.39, 0.29) is 48.0 Å². The molecule has 1 saturated heterocycles. The summed E-state index contributed by atoms with van der Waals surface area (Å²) in [5.74, 6) is -0.511. The summed E-state index contributed by atoms with van der Waals surface area (Å²) >= 11 is 3.88. The first-order valence-electron chi connectivity index (χ1n) is 16.3. The molecule has 47 heavy (non-hydrogen) atoms. The Morgan fingerprint density at radius 3 is 2.57 bits per heavy atom. The Hall–Kier alpha value is -3.15. The topological polar surface area (TPSA) is 129 Å². The highest BCUT2D eigenvalue weighted by Gasteiger charge is 2.56. The maximum atomic E-state index is 13.2. The van der Waals surface area contributed by atoms with Crippen molar-refractivity contribution in [3.8, 4) is 0 Å². The van der Waals surface area contributed by atoms with E-state index < -0.39 is 12.0 Å². The van der Waals surface area contributed by atoms with Gasteiger partial charge in [0.2, 0.25) is 18.2 Å². The number of carbonyl (C=O) groups is 4. The van der Waals surface area contributed by atoms with Gasteiger partial charge in [0, 0.05) is 51.7 Å². The van der Waals surface area contributed by atoms with Crippen molar-refractivity contribution in [2.75, 3.05) is 31.9 Å². The van der Waals surface area contributed by atoms with Crippen LogP contribution in [0.25, 0.3) is 0 Å². The molecule has 3 rings (SSSR count). The van der Waals surface area contributed by atoms with Crippen LogP contribution in [0.1, 0.15) is 76.5 Å². The van der Waals surface area contributed by atoms with E-state index in [0.717, 1.165) is 30.5 Å². The first-order chi connectivity index (χ1) is 22.1. The molecule has 10 nitrogen and oxygen atoms in total. The Labute approximate surface area is 286 Å². The van der Waals surface area contributed by atoms with Gasteiger partial charge >= 0.3 is 5.97 Å². The zero-order valence-electron chi connectivity index (χ0n) is 29.5. The normalized spacial score (nSPS) is 27.6. The number of carbonyl (C=O) groups excluding carboxylic acids is 3. The van der Waals surface area contributed by atoms with Crippen LogP contribution in [-0.4, -0.2) is 91.1 Å². The van der Waals surface area contributed by atoms with Crippen molar-refractivity contribution in [1.29, 1.82) is 0 Å². The van der Waals surface area contributed by atoms with Gasteiger partial charge in [-0.1, -0.05) is 36.8 Å². The average Bonchev–Trinajstić information content (AvgIpc) is 3.71. The summed E-state index contributed by atoms with van der Waals surface area (Å²) in [7, 11) is 5.07. The summed E-state index contributed by atoms with van der Waals surface area (Å²) in [6, 6.07) is 3.57. The number of rotatable bonds is 7. The van der Waals surface area contributed by atoms with Gasteiger partial charge in [-0.15, -0.1) is 0 Å². The van der Waals surface area contributed by atoms with Gasteiger partial charge in [0.15, 0.2) is 0 Å². The molecule has 1 aromatic rings. The number of carboxylic acids is 1. The van der Waals surface area contributed by atoms with Crippen LogP contribution in [0.5, 0.6) is 0 Å². The van der Waals surface area contributed by atoms with E-state index in [9.17, 15) is 19.2 Å². The van der Waals surface area contributed by atoms with E-state index in [1.807, 2.05) is 7.05 Å². The van der Waals surface area contributed by atoms with E-state index in [0.29, 0.717) is 25.0 Å². The van der Waals surface area contributed by atoms with Crippen LogP contribution in [0.3, 0.4) is 0 Å². The number of hydrogen-bond acceptors (Lipinski definition) is 7. The number of aliphatic carboxylic acids is 1. The number of ether oxygens (including phenoxy) is 2. The Bertz CT molecular complexity index is 1320. The largest absolute Gasteiger partial charge is 0.480 e. The summed E-state index contributed by atoms with van der Waals surface area (Å²) in [6.07, 6.45) is 10.6. The summed E-state index contributed by atoms with van der Waals surface area (Å²) in [5, 5.41) is 11.5. The summed E-state index contributed by atoms with van der Waals surface area (Å²) < 4.78 is 12.0. The summed E-state index contributed by atoms with van der Waals surface area (Å²) in [4.78, 5) is 49.0. The van der Waals surface area contributed by atoms with Gasteiger partial charge in [-0.05, 0) is 88.8 Å². The number of thiol groups is 1. The lowest BCUT2D eigenvalue weighted by molar-refractivity contribution is -0.148. The number of carboxylic acid groups (broad SMARTS) is 1. The average molecular weight is 674 g/mol. The minimum Gasteiger partial charge on any atom is -0.480 e. The molecule has 0 saturated carbocycles. The standard InChI is InChI=1S/C29H42N2O4.C7H13NO3S/c1-19-10-8-9-11-24(30-18-32)17-26(34-7)22(4)28-29(5,35-28)13-12-27(33)31(6)25-16-23(14-19)15-20(2)21(25)3;1-5(7(10)11)8(2)6(9)3-4-12/h8-10,15-16,18,22,24,26,28H,11-14,17H2,1-7H3,(H,30,32);5,12H,3-4H2,1-2H3,(H,10,11)/b9-8+,19-10+;/t22-,24?,26?,28?,29-;5-/m10/s1. The SMILES string of the molecule is COC1CC(NC=O)C/C=C/C=C(\C)Cc2cc(C)c(C)c(c2)N(C)C(=O)CC[C@@]2(C)OC2[C@@H]1C.C[C@@H](C(=O)O)N(C)C(=O)CCS. The molecule has 2 heterocycles. The second kappa shape index (κ2) is 18.4. The summed E-state index contributed by atoms with van der Waals surface area (Å²) in [6.45, 7) is 12.0. The van der Waals surface area contributed by atoms with Gasteiger partial charge in [0.25, 0.3) is 0 Å². The molecule has 1 aromatic carbocycles. The van der Waals surface area contributed by atoms with Crippen LogP contribution in [0.4, 0.5) is 5.69 Å². The predicted octanol–water partition coefficient (Wildman–Crippen LogP) is 5.05. The minimum atomic E-state index is -0.995. The molecule has 3 unspecified atom stereocenters. The molecule has 2 N–H and O–H groups in total. The molecule has 3 amide bonds. The molecular weight excluding hydrogens is 618 g/mol. The Balaban J connectivity index is 0.000000544. The fourth-order valence-electron chi connectivity index (χ4n) is 5.98. The van der Waals surface area contributed by atoms with E-state index in [1.165, 1.54) is 35.6 Å². The molecule has 0 spiro atoms. The molecule has 1 fully saturated rings. The van der Waals surface area contributed by atoms with Crippen LogP contribution in [-0.2, 0) is 35.1 Å². The summed E-state index contributed by atoms with van der Waals surface area (Å²) in [5.41, 5.74) is 5.38. The highest BCUT2D eigenvalue weighted by atomic mass is 32.1. The maximum Gasteiger partial charge on any atom is 0.326 e. The van der Waals surface area contributed by atoms with E-state index >= 15 is 0 Å². The van der Waals surface area contributed by atoms with Crippen molar-refractivity contribution in [3.63, 3.8) is 0 Å². The van der Waals surface area contributed by atoms with Gasteiger partial charge in [0.1, 0.15) is 6.04 Å². The zero-order valence-corrected chi connectivity index (χ0v) is 30.4. The minimum absolute atomic E-state index is 0.0190. The lowest BCUT2D eigenvalue weighted by atomic mass is 9.87. The predicted molar refractivity (Wildman–Crippen MR) is 189 cm³/mol. The first-order valence-corrected chi connectivity index (χ1v) is 16.9. The number of amides is 3. The molecular formula is C36H55N3O7S. The van der Waals surface area contributed by atoms with Crippen molar-refractivity contribution in [2.24, 2.45) is 5.92 Å². The molecule has 0 aromatic heterocycles. The number of hydrogen-bond donors (Lipinski definition) is 3. The fraction of sp³-hybridized carbons (Fsp3) is 0.611. The van der Waals surface area contributed by atoms with Gasteiger partial charge in [-0.3, -0.25) is 14.4 Å². The zero-order chi connectivity index (χ0) is 35.5. The van der Waals surface area contributed by atoms with Crippen molar-refractivity contribution >= 4 is 42.5 Å². The number of epoxide rings is 1. The lowest BCUT2D eigenvalue weighted by Crippen LogP contribution is -2.40. The Kier molecular flexibility index (Phi) is 15.7. The molecule has 2 aliphatic heterocycles. The third-order valence-electron chi connectivity index (χ3n) is 9.48. The number of benzene rings is 1. The molecule has 262 valence electrons. The van der Waals surface area contributed by atoms with Crippen molar-refractivity contribution in [2.45, 2.75) is 110 Å². The number of aryl methyl sites for hydroxylation is 1. The van der Waals surface area contributed by atoms with Crippen LogP contribution in [0.2, 0.25) is 0 Å². The van der Waals surface area contributed by atoms with Crippen LogP contribution < -0.4 is 10.2 Å². The lowest BCUT2D eigenvalue weighted by Gasteiger charge is -2.26. The monoisotopic (exact) mass is 673 g/mol. The number of nitrogens with one attached hydrogen (secondary N) is 1. The number of allylic oxidation sites excluding steroid dienone is 3. The van der Waals surface area contributed by atoms with Crippen molar-refractivity contribution in [1.82, 2.24) is 10.2 Å². The van der Waals surface area contributed by atoms with Crippen LogP contribution in [0, 0.1) is 19.8 Å². The number of anilines is 1. The number of fused-ring (bicyclic) bond motifs is 3. The molecule has 11 heteroatoms. The third kappa shape index (κ3) is 11.5. The number of methoxy groups -OCH3 is 1. The molecule has 6 atom stereocenters. The van der Waals surface area contributed by atoms with Crippen LogP contribution >= 0.6 is 12.6 Å². The molecule has 2 bridgehead atoms. The molecule has 2 aliphatic rings. The van der Waals surface area contributed by atoms with E-state index in [4.69, 9.17) is 14.6 Å². The van der Waals surface area contributed by atoms with Crippen LogP contribution in [0.15, 0.2) is 35.9 Å². The quantitative estimate of drug-likeness (QED) is 0.210. The fourth-order valence-corrected chi connectivity index (χ4v) is 6.17. The van der Waals surface area contributed by atoms with Crippen molar-refractivity contribution < 1.29 is 33.8 Å². The number of likely N-dealkylation sites (N-methyl/N-ethyl adjacent to an activating group) is 1. The first kappa shape index (κ1) is 40.0. The highest BCUT2D eigenvalue weighted by molar-refractivity contribution is 7.80. The second-order valence-electron chi connectivity index (χ2n) is 13.1. The van der Waals surface area contributed by atoms with Gasteiger partial charge in [-0.2, -0.15) is 12.6 Å². The maximum absolute atomic E-state index is 13.2. The van der Waals surface area contributed by atoms with E-state index in [1.54, 1.807) is 12.0 Å². The number of nitrogens with zero attached hydrogens (tertiary/aromatic N) is 2. The molecule has 0 aliphatic carbocycles. The smallest absolute Gasteiger partial charge is 0.326 e. The van der Waals surface area contributed by atoms with Gasteiger partial charge < -0.3 is 29.7 Å². The van der Waals surface area contributed by atoms with E-state index in [2.05, 4.69) is 82.9 Å². The Morgan fingerprint density at radius 2 is 1.98 bits per heavy atom. The van der Waals surface area contributed by atoms with Gasteiger partial charge in [-0.25, -0.2) is 4.79 Å². The van der Waals surface area contributed by atoms with Crippen molar-refractivity contribution in [3.05, 3.63) is 52.6 Å².